The maximum Gasteiger partial charge on any atom is 0.225 e. The second-order valence-electron chi connectivity index (χ2n) is 8.67. The molecule has 0 radical (unpaired) electrons. The minimum absolute atomic E-state index is 0.101. The third-order valence-electron chi connectivity index (χ3n) is 6.04. The van der Waals surface area contributed by atoms with E-state index in [0.717, 1.165) is 54.5 Å². The van der Waals surface area contributed by atoms with Crippen molar-refractivity contribution in [3.8, 4) is 5.75 Å². The van der Waals surface area contributed by atoms with Gasteiger partial charge in [0.25, 0.3) is 0 Å². The molecule has 0 bridgehead atoms. The number of nitrogens with zero attached hydrogens (tertiary/aromatic N) is 3. The summed E-state index contributed by atoms with van der Waals surface area (Å²) < 4.78 is 0. The van der Waals surface area contributed by atoms with E-state index in [4.69, 9.17) is 33.2 Å². The van der Waals surface area contributed by atoms with Gasteiger partial charge in [-0.15, -0.1) is 0 Å². The Kier molecular flexibility index (Phi) is 7.23. The van der Waals surface area contributed by atoms with E-state index in [2.05, 4.69) is 16.7 Å². The van der Waals surface area contributed by atoms with Crippen LogP contribution in [0.2, 0.25) is 10.0 Å². The molecule has 1 aromatic heterocycles. The number of phenols is 1. The second-order valence-corrected chi connectivity index (χ2v) is 9.51. The third kappa shape index (κ3) is 5.37. The van der Waals surface area contributed by atoms with Crippen molar-refractivity contribution in [1.82, 2.24) is 15.3 Å². The number of fused-ring (bicyclic) bond motifs is 1. The molecule has 6 nitrogen and oxygen atoms in total. The van der Waals surface area contributed by atoms with Crippen molar-refractivity contribution >= 4 is 45.9 Å². The van der Waals surface area contributed by atoms with Gasteiger partial charge in [0.1, 0.15) is 11.6 Å². The Morgan fingerprint density at radius 1 is 1.06 bits per heavy atom. The molecule has 2 aromatic carbocycles. The molecule has 32 heavy (non-hydrogen) atoms. The quantitative estimate of drug-likeness (QED) is 0.422. The predicted octanol–water partition coefficient (Wildman–Crippen LogP) is 5.47. The molecule has 0 saturated heterocycles. The molecule has 0 aliphatic heterocycles. The fourth-order valence-electron chi connectivity index (χ4n) is 4.32. The van der Waals surface area contributed by atoms with Crippen LogP contribution in [-0.4, -0.2) is 41.8 Å². The smallest absolute Gasteiger partial charge is 0.225 e. The van der Waals surface area contributed by atoms with Crippen molar-refractivity contribution in [1.29, 1.82) is 0 Å². The summed E-state index contributed by atoms with van der Waals surface area (Å²) in [5, 5.41) is 19.0. The first kappa shape index (κ1) is 22.9. The normalized spacial score (nSPS) is 18.6. The van der Waals surface area contributed by atoms with Gasteiger partial charge >= 0.3 is 0 Å². The molecule has 8 heteroatoms. The molecule has 170 valence electrons. The molecule has 0 unspecified atom stereocenters. The largest absolute Gasteiger partial charge is 0.506 e. The summed E-state index contributed by atoms with van der Waals surface area (Å²) in [6, 6.07) is 11.8. The van der Waals surface area contributed by atoms with E-state index in [1.165, 1.54) is 0 Å². The molecule has 3 aromatic rings. The number of aromatic hydroxyl groups is 1. The lowest BCUT2D eigenvalue weighted by molar-refractivity contribution is 0.323. The molecule has 1 fully saturated rings. The van der Waals surface area contributed by atoms with E-state index in [-0.39, 0.29) is 10.8 Å². The highest BCUT2D eigenvalue weighted by atomic mass is 35.5. The number of nitrogens with one attached hydrogen (secondary N) is 2. The van der Waals surface area contributed by atoms with Crippen molar-refractivity contribution in [2.45, 2.75) is 38.3 Å². The van der Waals surface area contributed by atoms with E-state index < -0.39 is 0 Å². The lowest BCUT2D eigenvalue weighted by Crippen LogP contribution is -2.31. The monoisotopic (exact) mass is 473 g/mol. The predicted molar refractivity (Wildman–Crippen MR) is 133 cm³/mol. The van der Waals surface area contributed by atoms with Gasteiger partial charge < -0.3 is 20.6 Å². The van der Waals surface area contributed by atoms with Crippen molar-refractivity contribution < 1.29 is 5.11 Å². The van der Waals surface area contributed by atoms with Crippen LogP contribution in [0.5, 0.6) is 5.75 Å². The Morgan fingerprint density at radius 2 is 1.81 bits per heavy atom. The summed E-state index contributed by atoms with van der Waals surface area (Å²) in [6.45, 7) is 1.44. The number of aromatic nitrogens is 2. The maximum absolute atomic E-state index is 10.1. The Bertz CT molecular complexity index is 1080. The number of benzene rings is 2. The van der Waals surface area contributed by atoms with Gasteiger partial charge in [0.05, 0.1) is 10.5 Å². The number of rotatable bonds is 7. The molecule has 1 aliphatic rings. The molecule has 0 atom stereocenters. The zero-order valence-corrected chi connectivity index (χ0v) is 19.9. The van der Waals surface area contributed by atoms with Gasteiger partial charge in [0.15, 0.2) is 0 Å². The number of halogens is 2. The van der Waals surface area contributed by atoms with Gasteiger partial charge in [-0.05, 0) is 62.4 Å². The van der Waals surface area contributed by atoms with E-state index in [9.17, 15) is 5.11 Å². The molecule has 1 aliphatic carbocycles. The molecular formula is C24H29Cl2N5O. The number of phenolic OH excluding ortho intramolecular Hbond substituents is 1. The van der Waals surface area contributed by atoms with Crippen LogP contribution in [0.3, 0.4) is 0 Å². The highest BCUT2D eigenvalue weighted by Crippen LogP contribution is 2.32. The zero-order valence-electron chi connectivity index (χ0n) is 18.4. The Labute approximate surface area is 199 Å². The van der Waals surface area contributed by atoms with Crippen LogP contribution in [0.25, 0.3) is 10.9 Å². The average molecular weight is 474 g/mol. The van der Waals surface area contributed by atoms with Crippen molar-refractivity contribution in [2.75, 3.05) is 30.9 Å². The van der Waals surface area contributed by atoms with Gasteiger partial charge in [-0.3, -0.25) is 0 Å². The van der Waals surface area contributed by atoms with Crippen LogP contribution in [0.15, 0.2) is 36.4 Å². The second kappa shape index (κ2) is 10.1. The highest BCUT2D eigenvalue weighted by molar-refractivity contribution is 6.35. The maximum atomic E-state index is 10.1. The first-order valence-electron chi connectivity index (χ1n) is 11.0. The first-order chi connectivity index (χ1) is 15.4. The van der Waals surface area contributed by atoms with Crippen LogP contribution in [-0.2, 0) is 6.54 Å². The molecule has 3 N–H and O–H groups in total. The zero-order chi connectivity index (χ0) is 22.7. The van der Waals surface area contributed by atoms with Crippen molar-refractivity contribution in [2.24, 2.45) is 5.92 Å². The molecule has 1 heterocycles. The first-order valence-corrected chi connectivity index (χ1v) is 11.7. The fraction of sp³-hybridized carbons (Fsp3) is 0.417. The molecule has 4 rings (SSSR count). The van der Waals surface area contributed by atoms with Crippen LogP contribution < -0.4 is 15.5 Å². The minimum atomic E-state index is 0.101. The average Bonchev–Trinajstić information content (AvgIpc) is 2.77. The van der Waals surface area contributed by atoms with Crippen LogP contribution in [0, 0.1) is 5.92 Å². The number of hydrogen-bond acceptors (Lipinski definition) is 6. The van der Waals surface area contributed by atoms with Gasteiger partial charge in [-0.1, -0.05) is 35.3 Å². The topological polar surface area (TPSA) is 73.3 Å². The summed E-state index contributed by atoms with van der Waals surface area (Å²) >= 11 is 12.1. The molecule has 1 saturated carbocycles. The van der Waals surface area contributed by atoms with Crippen molar-refractivity contribution in [3.05, 3.63) is 52.0 Å². The summed E-state index contributed by atoms with van der Waals surface area (Å²) in [7, 11) is 4.02. The lowest BCUT2D eigenvalue weighted by Gasteiger charge is -2.29. The van der Waals surface area contributed by atoms with Crippen LogP contribution >= 0.6 is 23.2 Å². The third-order valence-corrected chi connectivity index (χ3v) is 6.55. The standard InChI is InChI=1S/C24H29Cl2N5O/c1-31(2)23-19-5-3-4-6-21(19)29-24(30-23)28-18-9-7-15(8-10-18)13-27-14-16-11-17(25)12-20(26)22(16)32/h3-6,11-12,15,18,27,32H,7-10,13-14H2,1-2H3,(H,28,29,30). The summed E-state index contributed by atoms with van der Waals surface area (Å²) in [6.07, 6.45) is 4.41. The van der Waals surface area contributed by atoms with E-state index in [1.54, 1.807) is 12.1 Å². The number of anilines is 2. The van der Waals surface area contributed by atoms with Crippen LogP contribution in [0.1, 0.15) is 31.2 Å². The number of hydrogen-bond donors (Lipinski definition) is 3. The Balaban J connectivity index is 1.30. The summed E-state index contributed by atoms with van der Waals surface area (Å²) in [4.78, 5) is 11.5. The number of para-hydroxylation sites is 1. The van der Waals surface area contributed by atoms with Gasteiger partial charge in [-0.25, -0.2) is 4.98 Å². The fourth-order valence-corrected chi connectivity index (χ4v) is 4.86. The summed E-state index contributed by atoms with van der Waals surface area (Å²) in [5.74, 6) is 2.33. The highest BCUT2D eigenvalue weighted by Gasteiger charge is 2.22. The summed E-state index contributed by atoms with van der Waals surface area (Å²) in [5.41, 5.74) is 1.68. The molecule has 0 spiro atoms. The lowest BCUT2D eigenvalue weighted by atomic mass is 9.86. The molecule has 0 amide bonds. The van der Waals surface area contributed by atoms with Crippen LogP contribution in [0.4, 0.5) is 11.8 Å². The van der Waals surface area contributed by atoms with Crippen molar-refractivity contribution in [3.63, 3.8) is 0 Å². The van der Waals surface area contributed by atoms with E-state index in [0.29, 0.717) is 29.5 Å². The Morgan fingerprint density at radius 3 is 2.56 bits per heavy atom. The molecular weight excluding hydrogens is 445 g/mol. The van der Waals surface area contributed by atoms with Gasteiger partial charge in [0, 0.05) is 42.7 Å². The van der Waals surface area contributed by atoms with E-state index in [1.807, 2.05) is 37.2 Å². The van der Waals surface area contributed by atoms with E-state index >= 15 is 0 Å². The van der Waals surface area contributed by atoms with Gasteiger partial charge in [0.2, 0.25) is 5.95 Å². The van der Waals surface area contributed by atoms with Gasteiger partial charge in [-0.2, -0.15) is 4.98 Å². The minimum Gasteiger partial charge on any atom is -0.506 e. The SMILES string of the molecule is CN(C)c1nc(NC2CCC(CNCc3cc(Cl)cc(Cl)c3O)CC2)nc2ccccc12. The Hall–Kier alpha value is -2.28.